The summed E-state index contributed by atoms with van der Waals surface area (Å²) >= 11 is 1.28. The largest absolute Gasteiger partial charge is 0.366 e. The third kappa shape index (κ3) is 4.69. The van der Waals surface area contributed by atoms with Crippen LogP contribution < -0.4 is 11.1 Å². The van der Waals surface area contributed by atoms with Crippen LogP contribution in [-0.2, 0) is 11.3 Å². The fraction of sp³-hybridized carbons (Fsp3) is 0.294. The monoisotopic (exact) mass is 359 g/mol. The molecule has 0 atom stereocenters. The van der Waals surface area contributed by atoms with Crippen molar-refractivity contribution in [2.75, 3.05) is 11.1 Å². The summed E-state index contributed by atoms with van der Waals surface area (Å²) in [6, 6.07) is 6.63. The van der Waals surface area contributed by atoms with Gasteiger partial charge in [-0.2, -0.15) is 0 Å². The third-order valence-corrected chi connectivity index (χ3v) is 4.34. The van der Waals surface area contributed by atoms with Gasteiger partial charge in [0, 0.05) is 12.5 Å². The Labute approximate surface area is 150 Å². The molecule has 0 radical (unpaired) electrons. The standard InChI is InChI=1S/C17H21N5O2S/c1-4-9-22-16(11(2)3)20-21-17(22)25-10-14(23)19-13-8-6-5-7-12(13)15(18)24/h4-8,11H,1,9-10H2,2-3H3,(H2,18,24)(H,19,23). The summed E-state index contributed by atoms with van der Waals surface area (Å²) in [5, 5.41) is 11.7. The van der Waals surface area contributed by atoms with Crippen molar-refractivity contribution in [1.29, 1.82) is 0 Å². The number of nitrogens with zero attached hydrogens (tertiary/aromatic N) is 3. The van der Waals surface area contributed by atoms with Crippen molar-refractivity contribution in [1.82, 2.24) is 14.8 Å². The van der Waals surface area contributed by atoms with E-state index in [2.05, 4.69) is 22.1 Å². The molecule has 7 nitrogen and oxygen atoms in total. The Morgan fingerprint density at radius 1 is 1.36 bits per heavy atom. The molecule has 132 valence electrons. The molecule has 0 aliphatic rings. The van der Waals surface area contributed by atoms with E-state index in [4.69, 9.17) is 5.73 Å². The molecule has 1 aromatic carbocycles. The van der Waals surface area contributed by atoms with E-state index < -0.39 is 5.91 Å². The van der Waals surface area contributed by atoms with E-state index in [1.54, 1.807) is 30.3 Å². The quantitative estimate of drug-likeness (QED) is 0.556. The van der Waals surface area contributed by atoms with E-state index in [9.17, 15) is 9.59 Å². The maximum atomic E-state index is 12.2. The van der Waals surface area contributed by atoms with E-state index >= 15 is 0 Å². The molecule has 2 aromatic rings. The number of rotatable bonds is 8. The number of thioether (sulfide) groups is 1. The van der Waals surface area contributed by atoms with Gasteiger partial charge in [0.15, 0.2) is 5.16 Å². The van der Waals surface area contributed by atoms with Crippen molar-refractivity contribution < 1.29 is 9.59 Å². The lowest BCUT2D eigenvalue weighted by Crippen LogP contribution is -2.19. The average molecular weight is 359 g/mol. The second-order valence-electron chi connectivity index (χ2n) is 5.64. The molecule has 1 aromatic heterocycles. The maximum Gasteiger partial charge on any atom is 0.250 e. The molecule has 0 bridgehead atoms. The summed E-state index contributed by atoms with van der Waals surface area (Å²) in [4.78, 5) is 23.6. The van der Waals surface area contributed by atoms with Crippen LogP contribution in [0.3, 0.4) is 0 Å². The van der Waals surface area contributed by atoms with Gasteiger partial charge in [0.2, 0.25) is 5.91 Å². The Morgan fingerprint density at radius 3 is 2.72 bits per heavy atom. The summed E-state index contributed by atoms with van der Waals surface area (Å²) in [6.45, 7) is 8.39. The topological polar surface area (TPSA) is 103 Å². The van der Waals surface area contributed by atoms with Gasteiger partial charge in [0.25, 0.3) is 5.91 Å². The number of primary amides is 1. The average Bonchev–Trinajstić information content (AvgIpc) is 2.96. The molecule has 3 N–H and O–H groups in total. The summed E-state index contributed by atoms with van der Waals surface area (Å²) in [7, 11) is 0. The van der Waals surface area contributed by atoms with Gasteiger partial charge >= 0.3 is 0 Å². The Kier molecular flexibility index (Phi) is 6.35. The van der Waals surface area contributed by atoms with Gasteiger partial charge in [-0.3, -0.25) is 9.59 Å². The maximum absolute atomic E-state index is 12.2. The Morgan fingerprint density at radius 2 is 2.08 bits per heavy atom. The fourth-order valence-corrected chi connectivity index (χ4v) is 3.01. The molecule has 0 aliphatic carbocycles. The number of hydrogen-bond donors (Lipinski definition) is 2. The molecule has 25 heavy (non-hydrogen) atoms. The lowest BCUT2D eigenvalue weighted by atomic mass is 10.1. The minimum Gasteiger partial charge on any atom is -0.366 e. The molecule has 2 rings (SSSR count). The van der Waals surface area contributed by atoms with Crippen molar-refractivity contribution in [3.05, 3.63) is 48.3 Å². The SMILES string of the molecule is C=CCn1c(SCC(=O)Nc2ccccc2C(N)=O)nnc1C(C)C. The molecule has 0 fully saturated rings. The van der Waals surface area contributed by atoms with Crippen LogP contribution in [0.5, 0.6) is 0 Å². The van der Waals surface area contributed by atoms with Crippen LogP contribution in [0.2, 0.25) is 0 Å². The van der Waals surface area contributed by atoms with Gasteiger partial charge < -0.3 is 15.6 Å². The van der Waals surface area contributed by atoms with Crippen LogP contribution in [0.15, 0.2) is 42.1 Å². The zero-order valence-electron chi connectivity index (χ0n) is 14.2. The summed E-state index contributed by atoms with van der Waals surface area (Å²) in [6.07, 6.45) is 1.77. The summed E-state index contributed by atoms with van der Waals surface area (Å²) in [5.41, 5.74) is 5.99. The molecule has 8 heteroatoms. The number of allylic oxidation sites excluding steroid dienone is 1. The predicted octanol–water partition coefficient (Wildman–Crippen LogP) is 2.42. The zero-order valence-corrected chi connectivity index (χ0v) is 15.0. The van der Waals surface area contributed by atoms with Crippen molar-refractivity contribution in [3.8, 4) is 0 Å². The van der Waals surface area contributed by atoms with E-state index in [0.29, 0.717) is 17.4 Å². The number of nitrogens with one attached hydrogen (secondary N) is 1. The number of para-hydroxylation sites is 1. The molecule has 0 unspecified atom stereocenters. The van der Waals surface area contributed by atoms with Crippen molar-refractivity contribution in [2.24, 2.45) is 5.73 Å². The van der Waals surface area contributed by atoms with Gasteiger partial charge in [0.1, 0.15) is 5.82 Å². The minimum atomic E-state index is -0.587. The van der Waals surface area contributed by atoms with Crippen molar-refractivity contribution >= 4 is 29.3 Å². The molecule has 2 amide bonds. The number of hydrogen-bond acceptors (Lipinski definition) is 5. The van der Waals surface area contributed by atoms with Gasteiger partial charge in [-0.15, -0.1) is 16.8 Å². The number of amides is 2. The summed E-state index contributed by atoms with van der Waals surface area (Å²) in [5.74, 6) is 0.370. The molecular formula is C17H21N5O2S. The number of benzene rings is 1. The number of anilines is 1. The second-order valence-corrected chi connectivity index (χ2v) is 6.58. The number of carbonyl (C=O) groups is 2. The fourth-order valence-electron chi connectivity index (χ4n) is 2.26. The molecule has 0 spiro atoms. The zero-order chi connectivity index (χ0) is 18.4. The first-order chi connectivity index (χ1) is 11.9. The van der Waals surface area contributed by atoms with Crippen LogP contribution >= 0.6 is 11.8 Å². The van der Waals surface area contributed by atoms with Gasteiger partial charge in [-0.05, 0) is 12.1 Å². The lowest BCUT2D eigenvalue weighted by molar-refractivity contribution is -0.113. The van der Waals surface area contributed by atoms with Crippen molar-refractivity contribution in [2.45, 2.75) is 31.5 Å². The van der Waals surface area contributed by atoms with Crippen LogP contribution in [0, 0.1) is 0 Å². The van der Waals surface area contributed by atoms with Crippen LogP contribution in [-0.4, -0.2) is 32.3 Å². The van der Waals surface area contributed by atoms with Crippen LogP contribution in [0.25, 0.3) is 0 Å². The van der Waals surface area contributed by atoms with Crippen LogP contribution in [0.1, 0.15) is 35.9 Å². The van der Waals surface area contributed by atoms with Gasteiger partial charge in [-0.25, -0.2) is 0 Å². The number of aromatic nitrogens is 3. The van der Waals surface area contributed by atoms with E-state index in [1.807, 2.05) is 18.4 Å². The predicted molar refractivity (Wildman–Crippen MR) is 98.6 cm³/mol. The van der Waals surface area contributed by atoms with Crippen LogP contribution in [0.4, 0.5) is 5.69 Å². The second kappa shape index (κ2) is 8.48. The van der Waals surface area contributed by atoms with E-state index in [-0.39, 0.29) is 23.1 Å². The van der Waals surface area contributed by atoms with E-state index in [0.717, 1.165) is 5.82 Å². The van der Waals surface area contributed by atoms with Gasteiger partial charge in [0.05, 0.1) is 17.0 Å². The summed E-state index contributed by atoms with van der Waals surface area (Å²) < 4.78 is 1.94. The molecule has 1 heterocycles. The lowest BCUT2D eigenvalue weighted by Gasteiger charge is -2.10. The first-order valence-corrected chi connectivity index (χ1v) is 8.78. The van der Waals surface area contributed by atoms with E-state index in [1.165, 1.54) is 11.8 Å². The molecule has 0 saturated carbocycles. The number of carbonyl (C=O) groups excluding carboxylic acids is 2. The Hall–Kier alpha value is -2.61. The molecular weight excluding hydrogens is 338 g/mol. The highest BCUT2D eigenvalue weighted by molar-refractivity contribution is 7.99. The minimum absolute atomic E-state index is 0.139. The highest BCUT2D eigenvalue weighted by Crippen LogP contribution is 2.22. The van der Waals surface area contributed by atoms with Crippen molar-refractivity contribution in [3.63, 3.8) is 0 Å². The molecule has 0 saturated heterocycles. The smallest absolute Gasteiger partial charge is 0.250 e. The normalized spacial score (nSPS) is 10.7. The number of nitrogens with two attached hydrogens (primary N) is 1. The first kappa shape index (κ1) is 18.7. The Balaban J connectivity index is 2.06. The highest BCUT2D eigenvalue weighted by Gasteiger charge is 2.16. The highest BCUT2D eigenvalue weighted by atomic mass is 32.2. The first-order valence-electron chi connectivity index (χ1n) is 7.79. The third-order valence-electron chi connectivity index (χ3n) is 3.37. The van der Waals surface area contributed by atoms with Gasteiger partial charge in [-0.1, -0.05) is 43.8 Å². The molecule has 0 aliphatic heterocycles. The Bertz CT molecular complexity index is 785.